The molecule has 0 atom stereocenters. The maximum atomic E-state index is 11.9. The van der Waals surface area contributed by atoms with Gasteiger partial charge in [0.25, 0.3) is 0 Å². The number of benzene rings is 1. The smallest absolute Gasteiger partial charge is 0.238 e. The molecule has 4 nitrogen and oxygen atoms in total. The fourth-order valence-corrected chi connectivity index (χ4v) is 2.90. The number of rotatable bonds is 5. The minimum atomic E-state index is -0.639. The Labute approximate surface area is 126 Å². The van der Waals surface area contributed by atoms with Crippen molar-refractivity contribution < 1.29 is 9.90 Å². The molecule has 0 bridgehead atoms. The van der Waals surface area contributed by atoms with E-state index in [0.717, 1.165) is 36.9 Å². The van der Waals surface area contributed by atoms with Gasteiger partial charge in [-0.2, -0.15) is 0 Å². The molecule has 0 aromatic heterocycles. The van der Waals surface area contributed by atoms with Crippen molar-refractivity contribution in [3.05, 3.63) is 29.8 Å². The number of aryl methyl sites for hydroxylation is 1. The van der Waals surface area contributed by atoms with Crippen LogP contribution >= 0.6 is 0 Å². The second-order valence-electron chi connectivity index (χ2n) is 6.16. The number of hydrogen-bond acceptors (Lipinski definition) is 3. The number of anilines is 1. The van der Waals surface area contributed by atoms with Crippen LogP contribution in [0.1, 0.15) is 44.1 Å². The molecule has 0 aliphatic heterocycles. The van der Waals surface area contributed by atoms with E-state index >= 15 is 0 Å². The van der Waals surface area contributed by atoms with Crippen molar-refractivity contribution in [3.63, 3.8) is 0 Å². The summed E-state index contributed by atoms with van der Waals surface area (Å²) in [6.07, 6.45) is 6.23. The molecule has 0 heterocycles. The molecule has 1 amide bonds. The van der Waals surface area contributed by atoms with Gasteiger partial charge in [-0.3, -0.25) is 4.79 Å². The van der Waals surface area contributed by atoms with E-state index in [1.165, 1.54) is 12.8 Å². The van der Waals surface area contributed by atoms with Crippen molar-refractivity contribution in [2.75, 3.05) is 18.4 Å². The van der Waals surface area contributed by atoms with E-state index in [2.05, 4.69) is 10.6 Å². The van der Waals surface area contributed by atoms with Crippen molar-refractivity contribution in [1.29, 1.82) is 0 Å². The molecule has 0 saturated heterocycles. The summed E-state index contributed by atoms with van der Waals surface area (Å²) >= 11 is 0. The van der Waals surface area contributed by atoms with Crippen molar-refractivity contribution in [2.24, 2.45) is 0 Å². The zero-order valence-corrected chi connectivity index (χ0v) is 12.8. The first-order valence-electron chi connectivity index (χ1n) is 7.87. The quantitative estimate of drug-likeness (QED) is 0.731. The fourth-order valence-electron chi connectivity index (χ4n) is 2.90. The number of carbonyl (C=O) groups is 1. The Kier molecular flexibility index (Phi) is 5.76. The molecule has 1 saturated carbocycles. The molecule has 1 fully saturated rings. The summed E-state index contributed by atoms with van der Waals surface area (Å²) in [6, 6.07) is 7.74. The van der Waals surface area contributed by atoms with Gasteiger partial charge in [0.2, 0.25) is 5.91 Å². The minimum Gasteiger partial charge on any atom is -0.389 e. The summed E-state index contributed by atoms with van der Waals surface area (Å²) in [5.74, 6) is -0.0715. The van der Waals surface area contributed by atoms with Crippen LogP contribution in [0.5, 0.6) is 0 Å². The van der Waals surface area contributed by atoms with Gasteiger partial charge in [0.15, 0.2) is 0 Å². The maximum Gasteiger partial charge on any atom is 0.238 e. The molecule has 0 radical (unpaired) electrons. The van der Waals surface area contributed by atoms with E-state index in [1.54, 1.807) is 0 Å². The van der Waals surface area contributed by atoms with Crippen LogP contribution in [0.4, 0.5) is 5.69 Å². The topological polar surface area (TPSA) is 61.4 Å². The molecule has 1 aromatic carbocycles. The minimum absolute atomic E-state index is 0.0715. The van der Waals surface area contributed by atoms with Gasteiger partial charge in [0.05, 0.1) is 12.1 Å². The van der Waals surface area contributed by atoms with Crippen LogP contribution in [0, 0.1) is 6.92 Å². The lowest BCUT2D eigenvalue weighted by molar-refractivity contribution is -0.115. The van der Waals surface area contributed by atoms with Gasteiger partial charge in [-0.15, -0.1) is 0 Å². The molecule has 116 valence electrons. The number of amides is 1. The zero-order valence-electron chi connectivity index (χ0n) is 12.8. The Balaban J connectivity index is 1.73. The molecule has 1 aliphatic carbocycles. The molecule has 3 N–H and O–H groups in total. The third-order valence-electron chi connectivity index (χ3n) is 4.08. The third kappa shape index (κ3) is 5.48. The van der Waals surface area contributed by atoms with Gasteiger partial charge in [-0.1, -0.05) is 37.8 Å². The van der Waals surface area contributed by atoms with Crippen LogP contribution < -0.4 is 10.6 Å². The van der Waals surface area contributed by atoms with E-state index in [1.807, 2.05) is 31.2 Å². The lowest BCUT2D eigenvalue weighted by Gasteiger charge is -2.26. The number of carbonyl (C=O) groups excluding carboxylic acids is 1. The van der Waals surface area contributed by atoms with Crippen LogP contribution in [0.25, 0.3) is 0 Å². The molecule has 1 aromatic rings. The average molecular weight is 290 g/mol. The molecule has 21 heavy (non-hydrogen) atoms. The van der Waals surface area contributed by atoms with Crippen LogP contribution in [0.3, 0.4) is 0 Å². The number of aliphatic hydroxyl groups is 1. The van der Waals surface area contributed by atoms with Crippen molar-refractivity contribution in [3.8, 4) is 0 Å². The Bertz CT molecular complexity index is 466. The van der Waals surface area contributed by atoms with Crippen molar-refractivity contribution in [2.45, 2.75) is 51.0 Å². The van der Waals surface area contributed by atoms with Gasteiger partial charge in [0, 0.05) is 12.2 Å². The summed E-state index contributed by atoms with van der Waals surface area (Å²) < 4.78 is 0. The molecule has 2 rings (SSSR count). The van der Waals surface area contributed by atoms with Gasteiger partial charge < -0.3 is 15.7 Å². The maximum absolute atomic E-state index is 11.9. The molecule has 4 heteroatoms. The van der Waals surface area contributed by atoms with Gasteiger partial charge in [0.1, 0.15) is 0 Å². The molecule has 0 unspecified atom stereocenters. The van der Waals surface area contributed by atoms with E-state index in [4.69, 9.17) is 0 Å². The first-order valence-corrected chi connectivity index (χ1v) is 7.87. The summed E-state index contributed by atoms with van der Waals surface area (Å²) in [5, 5.41) is 16.5. The third-order valence-corrected chi connectivity index (χ3v) is 4.08. The zero-order chi connectivity index (χ0) is 15.1. The predicted octanol–water partition coefficient (Wildman–Crippen LogP) is 2.61. The highest BCUT2D eigenvalue weighted by atomic mass is 16.3. The Morgan fingerprint density at radius 1 is 1.24 bits per heavy atom. The molecular weight excluding hydrogens is 264 g/mol. The molecule has 1 aliphatic rings. The van der Waals surface area contributed by atoms with E-state index in [-0.39, 0.29) is 12.5 Å². The lowest BCUT2D eigenvalue weighted by Crippen LogP contribution is -2.42. The average Bonchev–Trinajstić information content (AvgIpc) is 2.64. The Morgan fingerprint density at radius 2 is 1.95 bits per heavy atom. The Morgan fingerprint density at radius 3 is 2.62 bits per heavy atom. The van der Waals surface area contributed by atoms with Crippen molar-refractivity contribution in [1.82, 2.24) is 5.32 Å². The first kappa shape index (κ1) is 16.0. The summed E-state index contributed by atoms with van der Waals surface area (Å²) in [4.78, 5) is 11.9. The SMILES string of the molecule is Cc1cccc(NC(=O)CNCC2(O)CCCCCC2)c1. The highest BCUT2D eigenvalue weighted by Gasteiger charge is 2.27. The summed E-state index contributed by atoms with van der Waals surface area (Å²) in [6.45, 7) is 2.72. The van der Waals surface area contributed by atoms with Crippen LogP contribution in [-0.4, -0.2) is 29.7 Å². The second-order valence-corrected chi connectivity index (χ2v) is 6.16. The monoisotopic (exact) mass is 290 g/mol. The van der Waals surface area contributed by atoms with Gasteiger partial charge in [-0.25, -0.2) is 0 Å². The molecular formula is C17H26N2O2. The van der Waals surface area contributed by atoms with E-state index < -0.39 is 5.60 Å². The highest BCUT2D eigenvalue weighted by molar-refractivity contribution is 5.92. The standard InChI is InChI=1S/C17H26N2O2/c1-14-7-6-8-15(11-14)19-16(20)12-18-13-17(21)9-4-2-3-5-10-17/h6-8,11,18,21H,2-5,9-10,12-13H2,1H3,(H,19,20). The first-order chi connectivity index (χ1) is 10.1. The van der Waals surface area contributed by atoms with E-state index in [0.29, 0.717) is 6.54 Å². The highest BCUT2D eigenvalue weighted by Crippen LogP contribution is 2.26. The van der Waals surface area contributed by atoms with Crippen LogP contribution in [0.2, 0.25) is 0 Å². The van der Waals surface area contributed by atoms with Crippen LogP contribution in [0.15, 0.2) is 24.3 Å². The van der Waals surface area contributed by atoms with Crippen LogP contribution in [-0.2, 0) is 4.79 Å². The summed E-state index contributed by atoms with van der Waals surface area (Å²) in [7, 11) is 0. The largest absolute Gasteiger partial charge is 0.389 e. The van der Waals surface area contributed by atoms with Gasteiger partial charge >= 0.3 is 0 Å². The number of hydrogen-bond donors (Lipinski definition) is 3. The fraction of sp³-hybridized carbons (Fsp3) is 0.588. The predicted molar refractivity (Wildman–Crippen MR) is 85.3 cm³/mol. The van der Waals surface area contributed by atoms with E-state index in [9.17, 15) is 9.90 Å². The molecule has 0 spiro atoms. The lowest BCUT2D eigenvalue weighted by atomic mass is 9.94. The normalized spacial score (nSPS) is 18.0. The second kappa shape index (κ2) is 7.57. The number of nitrogens with one attached hydrogen (secondary N) is 2. The van der Waals surface area contributed by atoms with Gasteiger partial charge in [-0.05, 0) is 37.5 Å². The van der Waals surface area contributed by atoms with Crippen molar-refractivity contribution >= 4 is 11.6 Å². The Hall–Kier alpha value is -1.39. The summed E-state index contributed by atoms with van der Waals surface area (Å²) in [5.41, 5.74) is 1.30.